The summed E-state index contributed by atoms with van der Waals surface area (Å²) in [5.41, 5.74) is 8.08. The zero-order chi connectivity index (χ0) is 35.1. The maximum atomic E-state index is 6.46. The minimum atomic E-state index is 0.909. The molecule has 0 spiro atoms. The van der Waals surface area contributed by atoms with Crippen LogP contribution in [-0.2, 0) is 0 Å². The molecular weight excluding hydrogens is 695 g/mol. The van der Waals surface area contributed by atoms with E-state index in [-0.39, 0.29) is 0 Å². The monoisotopic (exact) mass is 721 g/mol. The van der Waals surface area contributed by atoms with Gasteiger partial charge in [-0.05, 0) is 68.4 Å². The molecule has 13 aromatic rings. The van der Waals surface area contributed by atoms with Crippen molar-refractivity contribution in [2.45, 2.75) is 0 Å². The van der Waals surface area contributed by atoms with Gasteiger partial charge in [0.05, 0.1) is 30.8 Å². The van der Waals surface area contributed by atoms with Crippen molar-refractivity contribution in [3.63, 3.8) is 0 Å². The van der Waals surface area contributed by atoms with Gasteiger partial charge in [0, 0.05) is 42.4 Å². The Morgan fingerprint density at radius 3 is 1.78 bits per heavy atom. The number of hydrogen-bond donors (Lipinski definition) is 0. The molecule has 4 heterocycles. The van der Waals surface area contributed by atoms with E-state index in [0.29, 0.717) is 0 Å². The number of hydrogen-bond acceptors (Lipinski definition) is 3. The van der Waals surface area contributed by atoms with E-state index in [1.165, 1.54) is 101 Å². The Bertz CT molecular complexity index is 3680. The van der Waals surface area contributed by atoms with Crippen molar-refractivity contribution in [3.8, 4) is 16.8 Å². The van der Waals surface area contributed by atoms with E-state index in [1.54, 1.807) is 0 Å². The molecule has 0 atom stereocenters. The molecule has 0 aliphatic heterocycles. The molecule has 0 aliphatic carbocycles. The fourth-order valence-corrected chi connectivity index (χ4v) is 12.0. The van der Waals surface area contributed by atoms with Crippen LogP contribution < -0.4 is 0 Å². The molecular formula is C50H27NOS2. The van der Waals surface area contributed by atoms with E-state index < -0.39 is 0 Å². The summed E-state index contributed by atoms with van der Waals surface area (Å²) in [7, 11) is 0. The topological polar surface area (TPSA) is 18.1 Å². The van der Waals surface area contributed by atoms with Crippen LogP contribution in [0.15, 0.2) is 168 Å². The number of rotatable bonds is 2. The van der Waals surface area contributed by atoms with Crippen LogP contribution in [0, 0.1) is 0 Å². The summed E-state index contributed by atoms with van der Waals surface area (Å²) in [6.45, 7) is 0. The summed E-state index contributed by atoms with van der Waals surface area (Å²) in [4.78, 5) is 0. The van der Waals surface area contributed by atoms with E-state index in [1.807, 2.05) is 22.7 Å². The minimum absolute atomic E-state index is 0.909. The van der Waals surface area contributed by atoms with Gasteiger partial charge in [-0.25, -0.2) is 0 Å². The largest absolute Gasteiger partial charge is 0.456 e. The van der Waals surface area contributed by atoms with Crippen LogP contribution in [0.25, 0.3) is 122 Å². The van der Waals surface area contributed by atoms with Crippen LogP contribution in [0.5, 0.6) is 0 Å². The molecule has 0 amide bonds. The first-order valence-electron chi connectivity index (χ1n) is 18.3. The highest BCUT2D eigenvalue weighted by Crippen LogP contribution is 2.52. The average molecular weight is 722 g/mol. The molecule has 9 aromatic carbocycles. The lowest BCUT2D eigenvalue weighted by atomic mass is 9.89. The van der Waals surface area contributed by atoms with Crippen LogP contribution in [0.2, 0.25) is 0 Å². The van der Waals surface area contributed by atoms with Crippen LogP contribution in [0.1, 0.15) is 0 Å². The maximum Gasteiger partial charge on any atom is 0.136 e. The first-order chi connectivity index (χ1) is 26.8. The molecule has 0 radical (unpaired) electrons. The first kappa shape index (κ1) is 29.0. The number of benzene rings is 9. The number of aromatic nitrogens is 1. The van der Waals surface area contributed by atoms with Crippen molar-refractivity contribution in [1.29, 1.82) is 0 Å². The summed E-state index contributed by atoms with van der Waals surface area (Å²) < 4.78 is 14.5. The van der Waals surface area contributed by atoms with Gasteiger partial charge in [-0.1, -0.05) is 133 Å². The molecule has 54 heavy (non-hydrogen) atoms. The Hall–Kier alpha value is -6.46. The molecule has 0 saturated heterocycles. The predicted molar refractivity (Wildman–Crippen MR) is 234 cm³/mol. The minimum Gasteiger partial charge on any atom is -0.456 e. The molecule has 0 aliphatic rings. The maximum absolute atomic E-state index is 6.46. The van der Waals surface area contributed by atoms with Gasteiger partial charge in [-0.2, -0.15) is 0 Å². The third kappa shape index (κ3) is 3.78. The van der Waals surface area contributed by atoms with Crippen molar-refractivity contribution >= 4 is 128 Å². The second-order valence-electron chi connectivity index (χ2n) is 14.4. The van der Waals surface area contributed by atoms with Gasteiger partial charge in [0.2, 0.25) is 0 Å². The van der Waals surface area contributed by atoms with Crippen molar-refractivity contribution in [3.05, 3.63) is 164 Å². The van der Waals surface area contributed by atoms with Gasteiger partial charge in [-0.15, -0.1) is 22.7 Å². The predicted octanol–water partition coefficient (Wildman–Crippen LogP) is 15.4. The van der Waals surface area contributed by atoms with E-state index in [4.69, 9.17) is 4.42 Å². The number of thiophene rings is 2. The SMILES string of the molecule is c1ccc2cc3c(cc2c1)oc1ccc(-c2c4ccccc4c(-n4c5c6ccccc6ccc5c5sc6c7ccccc7sc6c54)c4ccccc24)cc13. The average Bonchev–Trinajstić information content (AvgIpc) is 3.96. The van der Waals surface area contributed by atoms with E-state index in [0.717, 1.165) is 21.9 Å². The third-order valence-electron chi connectivity index (χ3n) is 11.5. The van der Waals surface area contributed by atoms with Gasteiger partial charge < -0.3 is 8.98 Å². The van der Waals surface area contributed by atoms with E-state index in [2.05, 4.69) is 168 Å². The fraction of sp³-hybridized carbons (Fsp3) is 0. The second-order valence-corrected chi connectivity index (χ2v) is 16.5. The molecule has 4 aromatic heterocycles. The zero-order valence-electron chi connectivity index (χ0n) is 28.8. The second kappa shape index (κ2) is 10.6. The molecule has 0 fully saturated rings. The lowest BCUT2D eigenvalue weighted by Crippen LogP contribution is -1.99. The number of nitrogens with zero attached hydrogens (tertiary/aromatic N) is 1. The summed E-state index contributed by atoms with van der Waals surface area (Å²) >= 11 is 3.87. The Morgan fingerprint density at radius 1 is 0.370 bits per heavy atom. The molecule has 4 heteroatoms. The summed E-state index contributed by atoms with van der Waals surface area (Å²) in [5.74, 6) is 0. The zero-order valence-corrected chi connectivity index (χ0v) is 30.4. The summed E-state index contributed by atoms with van der Waals surface area (Å²) in [6, 6.07) is 60.2. The highest BCUT2D eigenvalue weighted by Gasteiger charge is 2.26. The third-order valence-corrected chi connectivity index (χ3v) is 14.1. The van der Waals surface area contributed by atoms with Gasteiger partial charge in [0.15, 0.2) is 0 Å². The van der Waals surface area contributed by atoms with Gasteiger partial charge in [-0.3, -0.25) is 0 Å². The standard InChI is InChI=1S/C50H27NOS2/c1-2-13-30-27-42-40(25-29(30)12-1)39-26-31(22-24-41(39)52-42)44-33-15-5-7-17-35(33)46(36-18-8-6-16-34(36)44)51-45-32-14-4-3-11-28(32)21-23-38(45)48-47(51)50-49(54-48)37-19-9-10-20-43(37)53-50/h1-27H. The Morgan fingerprint density at radius 2 is 1.00 bits per heavy atom. The van der Waals surface area contributed by atoms with Crippen LogP contribution in [0.4, 0.5) is 0 Å². The van der Waals surface area contributed by atoms with E-state index in [9.17, 15) is 0 Å². The van der Waals surface area contributed by atoms with Crippen LogP contribution in [-0.4, -0.2) is 4.57 Å². The van der Waals surface area contributed by atoms with E-state index >= 15 is 0 Å². The Labute approximate surface area is 316 Å². The Balaban J connectivity index is 1.19. The normalized spacial score (nSPS) is 12.4. The molecule has 0 bridgehead atoms. The highest BCUT2D eigenvalue weighted by molar-refractivity contribution is 7.37. The van der Waals surface area contributed by atoms with Gasteiger partial charge in [0.25, 0.3) is 0 Å². The molecule has 0 N–H and O–H groups in total. The van der Waals surface area contributed by atoms with Crippen LogP contribution in [0.3, 0.4) is 0 Å². The molecule has 250 valence electrons. The fourth-order valence-electron chi connectivity index (χ4n) is 9.21. The van der Waals surface area contributed by atoms with Crippen molar-refractivity contribution in [1.82, 2.24) is 4.57 Å². The van der Waals surface area contributed by atoms with Gasteiger partial charge >= 0.3 is 0 Å². The lowest BCUT2D eigenvalue weighted by molar-refractivity contribution is 0.669. The molecule has 2 nitrogen and oxygen atoms in total. The van der Waals surface area contributed by atoms with Crippen molar-refractivity contribution in [2.75, 3.05) is 0 Å². The first-order valence-corrected chi connectivity index (χ1v) is 20.0. The number of fused-ring (bicyclic) bond motifs is 15. The van der Waals surface area contributed by atoms with Crippen molar-refractivity contribution < 1.29 is 4.42 Å². The Kier molecular flexibility index (Phi) is 5.69. The highest BCUT2D eigenvalue weighted by atomic mass is 32.1. The quantitative estimate of drug-likeness (QED) is 0.163. The molecule has 0 unspecified atom stereocenters. The summed E-state index contributed by atoms with van der Waals surface area (Å²) in [6.07, 6.45) is 0. The smallest absolute Gasteiger partial charge is 0.136 e. The van der Waals surface area contributed by atoms with Gasteiger partial charge in [0.1, 0.15) is 11.2 Å². The lowest BCUT2D eigenvalue weighted by Gasteiger charge is -2.20. The van der Waals surface area contributed by atoms with Crippen LogP contribution >= 0.6 is 22.7 Å². The van der Waals surface area contributed by atoms with Crippen molar-refractivity contribution in [2.24, 2.45) is 0 Å². The summed E-state index contributed by atoms with van der Waals surface area (Å²) in [5, 5.41) is 14.8. The number of furan rings is 1. The molecule has 13 rings (SSSR count). The molecule has 0 saturated carbocycles.